The molecular formula is C28H38N2O6. The molecule has 1 aliphatic carbocycles. The van der Waals surface area contributed by atoms with E-state index in [0.717, 1.165) is 41.5 Å². The van der Waals surface area contributed by atoms with Gasteiger partial charge in [0.25, 0.3) is 0 Å². The van der Waals surface area contributed by atoms with Crippen molar-refractivity contribution in [3.8, 4) is 11.1 Å². The summed E-state index contributed by atoms with van der Waals surface area (Å²) in [5.74, 6) is -1.06. The number of nitrogens with one attached hydrogen (secondary N) is 2. The van der Waals surface area contributed by atoms with Gasteiger partial charge in [-0.3, -0.25) is 0 Å². The number of unbranched alkanes of at least 4 members (excludes halogenated alkanes) is 2. The lowest BCUT2D eigenvalue weighted by Gasteiger charge is -2.18. The number of carbonyl (C=O) groups excluding carboxylic acids is 2. The van der Waals surface area contributed by atoms with Gasteiger partial charge in [-0.15, -0.1) is 0 Å². The summed E-state index contributed by atoms with van der Waals surface area (Å²) in [6, 6.07) is 15.3. The first-order valence-corrected chi connectivity index (χ1v) is 12.3. The van der Waals surface area contributed by atoms with Crippen molar-refractivity contribution in [1.82, 2.24) is 10.6 Å². The zero-order valence-corrected chi connectivity index (χ0v) is 21.8. The Morgan fingerprint density at radius 3 is 1.94 bits per heavy atom. The van der Waals surface area contributed by atoms with Gasteiger partial charge in [-0.05, 0) is 49.4 Å². The maximum absolute atomic E-state index is 12.2. The van der Waals surface area contributed by atoms with E-state index in [1.165, 1.54) is 7.05 Å². The molecule has 3 rings (SSSR count). The second-order valence-corrected chi connectivity index (χ2v) is 9.61. The number of aliphatic carboxylic acids is 1. The van der Waals surface area contributed by atoms with Gasteiger partial charge in [0.05, 0.1) is 0 Å². The Labute approximate surface area is 213 Å². The lowest BCUT2D eigenvalue weighted by atomic mass is 9.98. The van der Waals surface area contributed by atoms with Crippen LogP contribution in [0.1, 0.15) is 70.4 Å². The average Bonchev–Trinajstić information content (AvgIpc) is 3.15. The number of ether oxygens (including phenoxy) is 2. The normalized spacial score (nSPS) is 12.8. The van der Waals surface area contributed by atoms with E-state index in [2.05, 4.69) is 29.7 Å². The van der Waals surface area contributed by atoms with Gasteiger partial charge in [-0.2, -0.15) is 0 Å². The van der Waals surface area contributed by atoms with Crippen molar-refractivity contribution < 1.29 is 29.0 Å². The van der Waals surface area contributed by atoms with Crippen molar-refractivity contribution in [3.63, 3.8) is 0 Å². The van der Waals surface area contributed by atoms with Gasteiger partial charge in [0, 0.05) is 13.0 Å². The summed E-state index contributed by atoms with van der Waals surface area (Å²) in [6.07, 6.45) is 2.04. The average molecular weight is 499 g/mol. The van der Waals surface area contributed by atoms with E-state index in [1.54, 1.807) is 0 Å². The number of benzene rings is 2. The fourth-order valence-corrected chi connectivity index (χ4v) is 3.97. The van der Waals surface area contributed by atoms with Crippen LogP contribution in [0.4, 0.5) is 9.59 Å². The highest BCUT2D eigenvalue weighted by molar-refractivity contribution is 5.81. The number of carboxylic acid groups (broad SMARTS) is 1. The van der Waals surface area contributed by atoms with Crippen LogP contribution in [0.25, 0.3) is 11.1 Å². The second-order valence-electron chi connectivity index (χ2n) is 9.61. The molecule has 2 aromatic rings. The van der Waals surface area contributed by atoms with Gasteiger partial charge in [-0.25, -0.2) is 14.4 Å². The Morgan fingerprint density at radius 1 is 0.944 bits per heavy atom. The first-order chi connectivity index (χ1) is 17.1. The molecule has 0 radical (unpaired) electrons. The van der Waals surface area contributed by atoms with E-state index in [-0.39, 0.29) is 24.2 Å². The third-order valence-corrected chi connectivity index (χ3v) is 5.63. The molecule has 0 fully saturated rings. The summed E-state index contributed by atoms with van der Waals surface area (Å²) < 4.78 is 10.3. The largest absolute Gasteiger partial charge is 0.480 e. The molecule has 0 saturated heterocycles. The van der Waals surface area contributed by atoms with Crippen LogP contribution >= 0.6 is 0 Å². The quantitative estimate of drug-likeness (QED) is 0.402. The number of fused-ring (bicyclic) bond motifs is 3. The fraction of sp³-hybridized carbons (Fsp3) is 0.464. The Kier molecular flexibility index (Phi) is 10.8. The molecule has 0 saturated carbocycles. The number of carboxylic acids is 1. The number of rotatable bonds is 8. The molecule has 1 aliphatic rings. The van der Waals surface area contributed by atoms with Crippen molar-refractivity contribution >= 4 is 18.2 Å². The Hall–Kier alpha value is -3.55. The van der Waals surface area contributed by atoms with Crippen molar-refractivity contribution in [2.45, 2.75) is 70.9 Å². The van der Waals surface area contributed by atoms with Gasteiger partial charge < -0.3 is 25.2 Å². The van der Waals surface area contributed by atoms with E-state index in [9.17, 15) is 19.5 Å². The van der Waals surface area contributed by atoms with Crippen LogP contribution in [0, 0.1) is 0 Å². The van der Waals surface area contributed by atoms with Gasteiger partial charge >= 0.3 is 18.2 Å². The van der Waals surface area contributed by atoms with Gasteiger partial charge in [-0.1, -0.05) is 74.7 Å². The molecule has 8 nitrogen and oxygen atoms in total. The Bertz CT molecular complexity index is 985. The van der Waals surface area contributed by atoms with Crippen molar-refractivity contribution in [2.75, 3.05) is 13.7 Å². The smallest absolute Gasteiger partial charge is 0.407 e. The zero-order chi connectivity index (χ0) is 26.7. The Balaban J connectivity index is 0.000000434. The molecule has 1 atom stereocenters. The highest BCUT2D eigenvalue weighted by Gasteiger charge is 2.29. The molecular weight excluding hydrogens is 460 g/mol. The highest BCUT2D eigenvalue weighted by Crippen LogP contribution is 2.44. The van der Waals surface area contributed by atoms with E-state index >= 15 is 0 Å². The lowest BCUT2D eigenvalue weighted by molar-refractivity contribution is -0.139. The molecule has 0 heterocycles. The van der Waals surface area contributed by atoms with Gasteiger partial charge in [0.2, 0.25) is 0 Å². The predicted octanol–water partition coefficient (Wildman–Crippen LogP) is 5.70. The molecule has 0 unspecified atom stereocenters. The molecule has 0 aliphatic heterocycles. The fourth-order valence-electron chi connectivity index (χ4n) is 3.97. The molecule has 2 aromatic carbocycles. The van der Waals surface area contributed by atoms with Crippen molar-refractivity contribution in [1.29, 1.82) is 0 Å². The van der Waals surface area contributed by atoms with Crippen LogP contribution in [0.3, 0.4) is 0 Å². The topological polar surface area (TPSA) is 114 Å². The zero-order valence-electron chi connectivity index (χ0n) is 21.8. The molecule has 196 valence electrons. The molecule has 0 aromatic heterocycles. The molecule has 2 amide bonds. The monoisotopic (exact) mass is 498 g/mol. The number of hydrogen-bond donors (Lipinski definition) is 3. The van der Waals surface area contributed by atoms with E-state index in [0.29, 0.717) is 6.42 Å². The molecule has 3 N–H and O–H groups in total. The minimum Gasteiger partial charge on any atom is -0.480 e. The van der Waals surface area contributed by atoms with Crippen LogP contribution in [-0.4, -0.2) is 48.6 Å². The minimum absolute atomic E-state index is 0.0356. The summed E-state index contributed by atoms with van der Waals surface area (Å²) in [5, 5.41) is 14.1. The molecule has 36 heavy (non-hydrogen) atoms. The van der Waals surface area contributed by atoms with Crippen LogP contribution < -0.4 is 10.6 Å². The van der Waals surface area contributed by atoms with Crippen LogP contribution in [0.5, 0.6) is 0 Å². The molecule has 8 heteroatoms. The third-order valence-electron chi connectivity index (χ3n) is 5.63. The first kappa shape index (κ1) is 28.7. The third kappa shape index (κ3) is 8.59. The number of hydrogen-bond acceptors (Lipinski definition) is 5. The summed E-state index contributed by atoms with van der Waals surface area (Å²) in [6.45, 7) is 7.70. The number of alkyl carbamates (subject to hydrolysis) is 2. The lowest BCUT2D eigenvalue weighted by Crippen LogP contribution is -2.41. The van der Waals surface area contributed by atoms with Crippen molar-refractivity contribution in [2.24, 2.45) is 0 Å². The van der Waals surface area contributed by atoms with E-state index in [1.807, 2.05) is 57.2 Å². The van der Waals surface area contributed by atoms with Gasteiger partial charge in [0.15, 0.2) is 0 Å². The maximum Gasteiger partial charge on any atom is 0.407 e. The van der Waals surface area contributed by atoms with Crippen LogP contribution in [0.2, 0.25) is 0 Å². The van der Waals surface area contributed by atoms with E-state index < -0.39 is 18.1 Å². The maximum atomic E-state index is 12.2. The summed E-state index contributed by atoms with van der Waals surface area (Å²) in [7, 11) is 1.54. The van der Waals surface area contributed by atoms with E-state index in [4.69, 9.17) is 9.47 Å². The summed E-state index contributed by atoms with van der Waals surface area (Å²) in [5.41, 5.74) is 4.18. The standard InChI is InChI=1S/C22H25NO4.C6H13NO2/c1-2-3-4-13-20(21(24)25)23-22(26)27-14-19-17-11-7-5-9-15(17)16-10-6-8-12-18(16)19;1-6(2,3)9-5(8)7-4/h5-12,19-20H,2-4,13-14H2,1H3,(H,23,26)(H,24,25);1-4H3,(H,7,8)/t20-;/m0./s1. The SMILES string of the molecule is CCCCC[C@H](NC(=O)OCC1c2ccccc2-c2ccccc21)C(=O)O.CNC(=O)OC(C)(C)C. The summed E-state index contributed by atoms with van der Waals surface area (Å²) >= 11 is 0. The first-order valence-electron chi connectivity index (χ1n) is 12.3. The predicted molar refractivity (Wildman–Crippen MR) is 139 cm³/mol. The van der Waals surface area contributed by atoms with Crippen molar-refractivity contribution in [3.05, 3.63) is 59.7 Å². The molecule has 0 bridgehead atoms. The second kappa shape index (κ2) is 13.5. The van der Waals surface area contributed by atoms with Crippen LogP contribution in [0.15, 0.2) is 48.5 Å². The summed E-state index contributed by atoms with van der Waals surface area (Å²) in [4.78, 5) is 34.0. The molecule has 0 spiro atoms. The van der Waals surface area contributed by atoms with Gasteiger partial charge in [0.1, 0.15) is 18.2 Å². The Morgan fingerprint density at radius 2 is 1.50 bits per heavy atom. The van der Waals surface area contributed by atoms with Crippen LogP contribution in [-0.2, 0) is 14.3 Å². The number of amides is 2. The highest BCUT2D eigenvalue weighted by atomic mass is 16.6. The number of carbonyl (C=O) groups is 3. The minimum atomic E-state index is -1.03.